The first-order valence-corrected chi connectivity index (χ1v) is 4.58. The summed E-state index contributed by atoms with van der Waals surface area (Å²) in [6.07, 6.45) is 2.30. The maximum absolute atomic E-state index is 13.2. The number of nitrogens with zero attached hydrogens (tertiary/aromatic N) is 2. The van der Waals surface area contributed by atoms with Crippen molar-refractivity contribution in [2.75, 3.05) is 0 Å². The number of rotatable bonds is 3. The number of allylic oxidation sites excluding steroid dienone is 1. The number of hydrogen-bond acceptors (Lipinski definition) is 3. The van der Waals surface area contributed by atoms with Crippen molar-refractivity contribution in [1.29, 1.82) is 0 Å². The first kappa shape index (κ1) is 12.8. The normalized spacial score (nSPS) is 12.0. The van der Waals surface area contributed by atoms with E-state index in [4.69, 9.17) is 11.5 Å². The van der Waals surface area contributed by atoms with Gasteiger partial charge in [0, 0.05) is 18.2 Å². The van der Waals surface area contributed by atoms with Crippen LogP contribution in [0.4, 0.5) is 13.6 Å². The molecular formula is C10H10F2N4O. The monoisotopic (exact) mass is 240 g/mol. The van der Waals surface area contributed by atoms with E-state index in [-0.39, 0.29) is 12.0 Å². The van der Waals surface area contributed by atoms with Gasteiger partial charge in [0.25, 0.3) is 0 Å². The molecule has 0 saturated heterocycles. The molecule has 0 saturated carbocycles. The highest BCUT2D eigenvalue weighted by atomic mass is 19.1. The number of aliphatic imine (C=N–C) groups is 1. The molecule has 4 N–H and O–H groups in total. The molecule has 0 bridgehead atoms. The summed E-state index contributed by atoms with van der Waals surface area (Å²) in [6.45, 7) is 0. The Morgan fingerprint density at radius 2 is 2.18 bits per heavy atom. The van der Waals surface area contributed by atoms with Crippen molar-refractivity contribution < 1.29 is 13.6 Å². The van der Waals surface area contributed by atoms with Crippen LogP contribution in [0.15, 0.2) is 28.9 Å². The van der Waals surface area contributed by atoms with Gasteiger partial charge < -0.3 is 11.5 Å². The third-order valence-corrected chi connectivity index (χ3v) is 1.86. The molecule has 1 aromatic rings. The molecule has 0 aliphatic rings. The lowest BCUT2D eigenvalue weighted by Crippen LogP contribution is -2.06. The molecule has 17 heavy (non-hydrogen) atoms. The summed E-state index contributed by atoms with van der Waals surface area (Å²) in [6, 6.07) is 1.37. The number of halogens is 2. The Bertz CT molecular complexity index is 485. The lowest BCUT2D eigenvalue weighted by Gasteiger charge is -2.02. The molecule has 1 rings (SSSR count). The summed E-state index contributed by atoms with van der Waals surface area (Å²) in [5.74, 6) is -1.84. The van der Waals surface area contributed by atoms with Crippen LogP contribution >= 0.6 is 0 Å². The number of pyridine rings is 1. The first-order chi connectivity index (χ1) is 8.02. The zero-order chi connectivity index (χ0) is 12.8. The molecule has 0 spiro atoms. The second-order valence-electron chi connectivity index (χ2n) is 3.10. The van der Waals surface area contributed by atoms with Gasteiger partial charge in [0.1, 0.15) is 0 Å². The van der Waals surface area contributed by atoms with E-state index in [0.717, 1.165) is 18.5 Å². The van der Waals surface area contributed by atoms with Crippen LogP contribution in [-0.2, 0) is 6.42 Å². The van der Waals surface area contributed by atoms with Crippen molar-refractivity contribution in [2.24, 2.45) is 16.5 Å². The smallest absolute Gasteiger partial charge is 0.338 e. The average Bonchev–Trinajstić information content (AvgIpc) is 2.26. The summed E-state index contributed by atoms with van der Waals surface area (Å²) < 4.78 is 25.7. The molecule has 0 fully saturated rings. The molecule has 0 unspecified atom stereocenters. The van der Waals surface area contributed by atoms with Gasteiger partial charge in [-0.2, -0.15) is 13.8 Å². The number of hydrogen-bond donors (Lipinski definition) is 2. The van der Waals surface area contributed by atoms with Crippen molar-refractivity contribution in [2.45, 2.75) is 6.42 Å². The van der Waals surface area contributed by atoms with E-state index >= 15 is 0 Å². The molecule has 90 valence electrons. The SMILES string of the molecule is N/C=C(\C=N\C(N)=O)Cc1ccc(F)nc1F. The molecule has 2 amide bonds. The molecule has 1 heterocycles. The van der Waals surface area contributed by atoms with Gasteiger partial charge in [-0.3, -0.25) is 0 Å². The Kier molecular flexibility index (Phi) is 4.27. The van der Waals surface area contributed by atoms with E-state index in [0.29, 0.717) is 5.57 Å². The van der Waals surface area contributed by atoms with E-state index in [1.54, 1.807) is 0 Å². The van der Waals surface area contributed by atoms with E-state index in [2.05, 4.69) is 9.98 Å². The Morgan fingerprint density at radius 1 is 1.47 bits per heavy atom. The minimum absolute atomic E-state index is 0.0341. The predicted octanol–water partition coefficient (Wildman–Crippen LogP) is 0.894. The minimum atomic E-state index is -0.933. The maximum Gasteiger partial charge on any atom is 0.338 e. The van der Waals surface area contributed by atoms with Crippen LogP contribution in [-0.4, -0.2) is 17.2 Å². The fourth-order valence-corrected chi connectivity index (χ4v) is 1.09. The third kappa shape index (κ3) is 3.98. The number of primary amides is 1. The second-order valence-corrected chi connectivity index (χ2v) is 3.10. The Labute approximate surface area is 95.9 Å². The van der Waals surface area contributed by atoms with Gasteiger partial charge in [-0.1, -0.05) is 0 Å². The van der Waals surface area contributed by atoms with E-state index < -0.39 is 17.9 Å². The molecule has 0 aromatic carbocycles. The van der Waals surface area contributed by atoms with Gasteiger partial charge in [-0.05, 0) is 23.9 Å². The highest BCUT2D eigenvalue weighted by molar-refractivity contribution is 5.90. The van der Waals surface area contributed by atoms with Crippen LogP contribution in [0, 0.1) is 11.9 Å². The molecular weight excluding hydrogens is 230 g/mol. The lowest BCUT2D eigenvalue weighted by molar-refractivity contribution is 0.257. The highest BCUT2D eigenvalue weighted by Gasteiger charge is 2.06. The zero-order valence-electron chi connectivity index (χ0n) is 8.73. The number of urea groups is 1. The summed E-state index contributed by atoms with van der Waals surface area (Å²) in [5, 5.41) is 0. The molecule has 0 aliphatic heterocycles. The molecule has 7 heteroatoms. The predicted molar refractivity (Wildman–Crippen MR) is 58.2 cm³/mol. The van der Waals surface area contributed by atoms with Crippen LogP contribution in [0.1, 0.15) is 5.56 Å². The van der Waals surface area contributed by atoms with Gasteiger partial charge in [0.05, 0.1) is 0 Å². The molecule has 0 aliphatic carbocycles. The van der Waals surface area contributed by atoms with Crippen LogP contribution in [0.5, 0.6) is 0 Å². The topological polar surface area (TPSA) is 94.4 Å². The van der Waals surface area contributed by atoms with E-state index in [1.165, 1.54) is 6.07 Å². The van der Waals surface area contributed by atoms with Crippen LogP contribution in [0.3, 0.4) is 0 Å². The summed E-state index contributed by atoms with van der Waals surface area (Å²) in [4.78, 5) is 16.7. The quantitative estimate of drug-likeness (QED) is 0.606. The van der Waals surface area contributed by atoms with Gasteiger partial charge >= 0.3 is 6.03 Å². The number of nitrogens with two attached hydrogens (primary N) is 2. The standard InChI is InChI=1S/C10H10F2N4O/c11-8-2-1-7(9(12)16-8)3-6(4-13)5-15-10(14)17/h1-2,4-5H,3,13H2,(H2,14,17)/b6-4-,15-5+. The largest absolute Gasteiger partial charge is 0.404 e. The van der Waals surface area contributed by atoms with Crippen molar-refractivity contribution >= 4 is 12.2 Å². The number of carbonyl (C=O) groups is 1. The summed E-state index contributed by atoms with van der Waals surface area (Å²) in [7, 11) is 0. The van der Waals surface area contributed by atoms with Gasteiger partial charge in [0.15, 0.2) is 0 Å². The summed E-state index contributed by atoms with van der Waals surface area (Å²) in [5.41, 5.74) is 10.6. The Balaban J connectivity index is 2.85. The minimum Gasteiger partial charge on any atom is -0.404 e. The number of carbonyl (C=O) groups excluding carboxylic acids is 1. The van der Waals surface area contributed by atoms with Gasteiger partial charge in [-0.15, -0.1) is 0 Å². The summed E-state index contributed by atoms with van der Waals surface area (Å²) >= 11 is 0. The first-order valence-electron chi connectivity index (χ1n) is 4.58. The van der Waals surface area contributed by atoms with Crippen molar-refractivity contribution in [3.63, 3.8) is 0 Å². The fraction of sp³-hybridized carbons (Fsp3) is 0.100. The highest BCUT2D eigenvalue weighted by Crippen LogP contribution is 2.10. The lowest BCUT2D eigenvalue weighted by atomic mass is 10.1. The van der Waals surface area contributed by atoms with Crippen molar-refractivity contribution in [3.05, 3.63) is 41.4 Å². The Morgan fingerprint density at radius 3 is 2.71 bits per heavy atom. The van der Waals surface area contributed by atoms with Gasteiger partial charge in [0.2, 0.25) is 11.9 Å². The Hall–Kier alpha value is -2.31. The van der Waals surface area contributed by atoms with Crippen molar-refractivity contribution in [3.8, 4) is 0 Å². The zero-order valence-corrected chi connectivity index (χ0v) is 8.73. The molecule has 5 nitrogen and oxygen atoms in total. The van der Waals surface area contributed by atoms with E-state index in [9.17, 15) is 13.6 Å². The number of aromatic nitrogens is 1. The maximum atomic E-state index is 13.2. The molecule has 0 radical (unpaired) electrons. The average molecular weight is 240 g/mol. The fourth-order valence-electron chi connectivity index (χ4n) is 1.09. The molecule has 0 atom stereocenters. The second kappa shape index (κ2) is 5.69. The van der Waals surface area contributed by atoms with Crippen LogP contribution < -0.4 is 11.5 Å². The third-order valence-electron chi connectivity index (χ3n) is 1.86. The van der Waals surface area contributed by atoms with Gasteiger partial charge in [-0.25, -0.2) is 9.79 Å². The van der Waals surface area contributed by atoms with Crippen LogP contribution in [0.25, 0.3) is 0 Å². The molecule has 1 aromatic heterocycles. The van der Waals surface area contributed by atoms with Crippen LogP contribution in [0.2, 0.25) is 0 Å². The van der Waals surface area contributed by atoms with Crippen molar-refractivity contribution in [1.82, 2.24) is 4.98 Å². The number of amides is 2. The van der Waals surface area contributed by atoms with E-state index in [1.807, 2.05) is 0 Å².